The van der Waals surface area contributed by atoms with E-state index in [0.29, 0.717) is 6.61 Å². The van der Waals surface area contributed by atoms with Gasteiger partial charge in [0.15, 0.2) is 0 Å². The van der Waals surface area contributed by atoms with Gasteiger partial charge in [0.1, 0.15) is 5.75 Å². The van der Waals surface area contributed by atoms with Crippen molar-refractivity contribution in [1.29, 1.82) is 0 Å². The molecular formula is C16H21NOS. The number of ether oxygens (including phenoxy) is 1. The first-order chi connectivity index (χ1) is 9.22. The van der Waals surface area contributed by atoms with Crippen molar-refractivity contribution in [2.24, 2.45) is 5.73 Å². The maximum Gasteiger partial charge on any atom is 0.119 e. The summed E-state index contributed by atoms with van der Waals surface area (Å²) in [6.07, 6.45) is 1.99. The molecule has 2 rings (SSSR count). The van der Waals surface area contributed by atoms with Crippen molar-refractivity contribution in [3.8, 4) is 5.75 Å². The summed E-state index contributed by atoms with van der Waals surface area (Å²) in [4.78, 5) is 2.77. The molecule has 0 amide bonds. The minimum atomic E-state index is 0.0313. The Labute approximate surface area is 119 Å². The van der Waals surface area contributed by atoms with Gasteiger partial charge in [-0.1, -0.05) is 19.1 Å². The Hall–Kier alpha value is -1.32. The minimum absolute atomic E-state index is 0.0313. The van der Waals surface area contributed by atoms with E-state index in [4.69, 9.17) is 10.5 Å². The molecule has 2 N–H and O–H groups in total. The Morgan fingerprint density at radius 1 is 1.16 bits per heavy atom. The van der Waals surface area contributed by atoms with E-state index in [1.54, 1.807) is 0 Å². The standard InChI is InChI=1S/C16H21NOS/c1-3-14-8-9-15(19-14)11-16(17)12-6-5-7-13(10-12)18-4-2/h5-10,16H,3-4,11,17H2,1-2H3. The molecule has 0 aliphatic heterocycles. The lowest BCUT2D eigenvalue weighted by atomic mass is 10.0. The van der Waals surface area contributed by atoms with Gasteiger partial charge in [-0.2, -0.15) is 0 Å². The second-order valence-electron chi connectivity index (χ2n) is 4.54. The Morgan fingerprint density at radius 2 is 1.95 bits per heavy atom. The summed E-state index contributed by atoms with van der Waals surface area (Å²) < 4.78 is 5.52. The van der Waals surface area contributed by atoms with E-state index < -0.39 is 0 Å². The van der Waals surface area contributed by atoms with Crippen LogP contribution in [0.3, 0.4) is 0 Å². The fraction of sp³-hybridized carbons (Fsp3) is 0.375. The van der Waals surface area contributed by atoms with Crippen molar-refractivity contribution in [2.75, 3.05) is 6.61 Å². The van der Waals surface area contributed by atoms with Crippen LogP contribution in [0.15, 0.2) is 36.4 Å². The molecule has 102 valence electrons. The molecule has 0 saturated heterocycles. The van der Waals surface area contributed by atoms with Gasteiger partial charge in [0.05, 0.1) is 6.61 Å². The number of hydrogen-bond donors (Lipinski definition) is 1. The summed E-state index contributed by atoms with van der Waals surface area (Å²) in [6, 6.07) is 12.5. The van der Waals surface area contributed by atoms with Gasteiger partial charge >= 0.3 is 0 Å². The summed E-state index contributed by atoms with van der Waals surface area (Å²) >= 11 is 1.86. The highest BCUT2D eigenvalue weighted by Gasteiger charge is 2.09. The number of rotatable bonds is 6. The molecule has 0 fully saturated rings. The highest BCUT2D eigenvalue weighted by atomic mass is 32.1. The lowest BCUT2D eigenvalue weighted by Gasteiger charge is -2.12. The molecule has 2 nitrogen and oxygen atoms in total. The molecular weight excluding hydrogens is 254 g/mol. The topological polar surface area (TPSA) is 35.2 Å². The Bertz CT molecular complexity index is 521. The maximum absolute atomic E-state index is 6.29. The Kier molecular flexibility index (Phi) is 5.00. The lowest BCUT2D eigenvalue weighted by Crippen LogP contribution is -2.12. The second-order valence-corrected chi connectivity index (χ2v) is 5.79. The first-order valence-electron chi connectivity index (χ1n) is 6.78. The van der Waals surface area contributed by atoms with Gasteiger partial charge in [-0.3, -0.25) is 0 Å². The van der Waals surface area contributed by atoms with Crippen LogP contribution in [-0.4, -0.2) is 6.61 Å². The Morgan fingerprint density at radius 3 is 2.63 bits per heavy atom. The molecule has 3 heteroatoms. The molecule has 1 unspecified atom stereocenters. The first kappa shape index (κ1) is 14.1. The third-order valence-electron chi connectivity index (χ3n) is 3.08. The summed E-state index contributed by atoms with van der Waals surface area (Å²) in [7, 11) is 0. The van der Waals surface area contributed by atoms with Gasteiger partial charge in [0.25, 0.3) is 0 Å². The van der Waals surface area contributed by atoms with Crippen molar-refractivity contribution in [1.82, 2.24) is 0 Å². The first-order valence-corrected chi connectivity index (χ1v) is 7.60. The third kappa shape index (κ3) is 3.82. The van der Waals surface area contributed by atoms with Crippen LogP contribution in [0.4, 0.5) is 0 Å². The van der Waals surface area contributed by atoms with Crippen molar-refractivity contribution in [3.05, 3.63) is 51.7 Å². The van der Waals surface area contributed by atoms with Crippen molar-refractivity contribution < 1.29 is 4.74 Å². The van der Waals surface area contributed by atoms with Gasteiger partial charge in [-0.25, -0.2) is 0 Å². The molecule has 0 radical (unpaired) electrons. The van der Waals surface area contributed by atoms with Crippen molar-refractivity contribution in [2.45, 2.75) is 32.7 Å². The number of hydrogen-bond acceptors (Lipinski definition) is 3. The zero-order chi connectivity index (χ0) is 13.7. The summed E-state index contributed by atoms with van der Waals surface area (Å²) in [5.41, 5.74) is 7.43. The SMILES string of the molecule is CCOc1cccc(C(N)Cc2ccc(CC)s2)c1. The van der Waals surface area contributed by atoms with E-state index in [1.165, 1.54) is 9.75 Å². The van der Waals surface area contributed by atoms with E-state index >= 15 is 0 Å². The van der Waals surface area contributed by atoms with Crippen LogP contribution in [0.1, 0.15) is 35.2 Å². The average Bonchev–Trinajstić information content (AvgIpc) is 2.87. The minimum Gasteiger partial charge on any atom is -0.494 e. The zero-order valence-corrected chi connectivity index (χ0v) is 12.4. The van der Waals surface area contributed by atoms with Gasteiger partial charge < -0.3 is 10.5 Å². The molecule has 1 aromatic carbocycles. The summed E-state index contributed by atoms with van der Waals surface area (Å²) in [5, 5.41) is 0. The van der Waals surface area contributed by atoms with Crippen LogP contribution >= 0.6 is 11.3 Å². The summed E-state index contributed by atoms with van der Waals surface area (Å²) in [6.45, 7) is 4.86. The van der Waals surface area contributed by atoms with E-state index in [-0.39, 0.29) is 6.04 Å². The van der Waals surface area contributed by atoms with Crippen LogP contribution in [0, 0.1) is 0 Å². The zero-order valence-electron chi connectivity index (χ0n) is 11.6. The number of thiophene rings is 1. The molecule has 0 aliphatic rings. The van der Waals surface area contributed by atoms with Crippen molar-refractivity contribution in [3.63, 3.8) is 0 Å². The molecule has 0 aliphatic carbocycles. The maximum atomic E-state index is 6.29. The summed E-state index contributed by atoms with van der Waals surface area (Å²) in [5.74, 6) is 0.899. The monoisotopic (exact) mass is 275 g/mol. The highest BCUT2D eigenvalue weighted by Crippen LogP contribution is 2.24. The number of nitrogens with two attached hydrogens (primary N) is 1. The van der Waals surface area contributed by atoms with Crippen LogP contribution in [0.2, 0.25) is 0 Å². The Balaban J connectivity index is 2.06. The van der Waals surface area contributed by atoms with Crippen LogP contribution in [0.5, 0.6) is 5.75 Å². The quantitative estimate of drug-likeness (QED) is 0.866. The fourth-order valence-electron chi connectivity index (χ4n) is 2.06. The lowest BCUT2D eigenvalue weighted by molar-refractivity contribution is 0.339. The molecule has 0 bridgehead atoms. The van der Waals surface area contributed by atoms with E-state index in [2.05, 4.69) is 25.1 Å². The fourth-order valence-corrected chi connectivity index (χ4v) is 3.07. The van der Waals surface area contributed by atoms with Crippen LogP contribution in [0.25, 0.3) is 0 Å². The molecule has 1 heterocycles. The molecule has 1 atom stereocenters. The van der Waals surface area contributed by atoms with E-state index in [9.17, 15) is 0 Å². The molecule has 19 heavy (non-hydrogen) atoms. The van der Waals surface area contributed by atoms with Crippen LogP contribution < -0.4 is 10.5 Å². The predicted molar refractivity (Wildman–Crippen MR) is 81.9 cm³/mol. The van der Waals surface area contributed by atoms with Gasteiger partial charge in [0.2, 0.25) is 0 Å². The third-order valence-corrected chi connectivity index (χ3v) is 4.34. The normalized spacial score (nSPS) is 12.4. The highest BCUT2D eigenvalue weighted by molar-refractivity contribution is 7.11. The molecule has 0 spiro atoms. The van der Waals surface area contributed by atoms with Gasteiger partial charge in [0, 0.05) is 22.2 Å². The van der Waals surface area contributed by atoms with Crippen molar-refractivity contribution >= 4 is 11.3 Å². The molecule has 2 aromatic rings. The number of benzene rings is 1. The van der Waals surface area contributed by atoms with Gasteiger partial charge in [-0.05, 0) is 43.2 Å². The number of aryl methyl sites for hydroxylation is 1. The van der Waals surface area contributed by atoms with E-state index in [0.717, 1.165) is 24.2 Å². The predicted octanol–water partition coefficient (Wildman–Crippen LogP) is 3.95. The van der Waals surface area contributed by atoms with E-state index in [1.807, 2.05) is 36.5 Å². The average molecular weight is 275 g/mol. The smallest absolute Gasteiger partial charge is 0.119 e. The largest absolute Gasteiger partial charge is 0.494 e. The second kappa shape index (κ2) is 6.73. The molecule has 1 aromatic heterocycles. The van der Waals surface area contributed by atoms with Gasteiger partial charge in [-0.15, -0.1) is 11.3 Å². The molecule has 0 saturated carbocycles. The van der Waals surface area contributed by atoms with Crippen LogP contribution in [-0.2, 0) is 12.8 Å².